The van der Waals surface area contributed by atoms with E-state index in [0.29, 0.717) is 6.54 Å². The Bertz CT molecular complexity index is 1160. The van der Waals surface area contributed by atoms with E-state index in [1.54, 1.807) is 12.5 Å². The molecule has 2 amide bonds. The molecule has 0 bridgehead atoms. The average molecular weight is 486 g/mol. The molecule has 2 heterocycles. The molecule has 0 saturated heterocycles. The summed E-state index contributed by atoms with van der Waals surface area (Å²) in [6.07, 6.45) is 8.42. The molecular weight excluding hydrogens is 461 g/mol. The third-order valence-corrected chi connectivity index (χ3v) is 4.64. The Morgan fingerprint density at radius 2 is 1.94 bits per heavy atom. The SMILES string of the molecule is C#C.CO/C(=C\NCc1ccc(-c2c(C)ncn2C)cn1)NC(=O)Nc1cccc(C(F)(F)F)c1. The van der Waals surface area contributed by atoms with E-state index in [9.17, 15) is 18.0 Å². The summed E-state index contributed by atoms with van der Waals surface area (Å²) < 4.78 is 45.4. The van der Waals surface area contributed by atoms with Gasteiger partial charge in [-0.15, -0.1) is 12.8 Å². The number of carbonyl (C=O) groups is 1. The average Bonchev–Trinajstić information content (AvgIpc) is 3.17. The number of pyridine rings is 1. The van der Waals surface area contributed by atoms with Crippen molar-refractivity contribution in [2.75, 3.05) is 12.4 Å². The number of carbonyl (C=O) groups excluding carboxylic acids is 1. The van der Waals surface area contributed by atoms with Crippen LogP contribution in [0.25, 0.3) is 11.3 Å². The molecule has 0 unspecified atom stereocenters. The van der Waals surface area contributed by atoms with Gasteiger partial charge in [0.2, 0.25) is 5.88 Å². The number of rotatable bonds is 7. The fraction of sp³-hybridized carbons (Fsp3) is 0.208. The maximum Gasteiger partial charge on any atom is 0.416 e. The number of alkyl halides is 3. The van der Waals surface area contributed by atoms with Gasteiger partial charge in [0.25, 0.3) is 0 Å². The molecule has 8 nitrogen and oxygen atoms in total. The normalized spacial score (nSPS) is 11.1. The van der Waals surface area contributed by atoms with Gasteiger partial charge >= 0.3 is 12.2 Å². The highest BCUT2D eigenvalue weighted by molar-refractivity contribution is 5.90. The fourth-order valence-corrected chi connectivity index (χ4v) is 3.07. The predicted molar refractivity (Wildman–Crippen MR) is 127 cm³/mol. The summed E-state index contributed by atoms with van der Waals surface area (Å²) in [6.45, 7) is 2.28. The number of aryl methyl sites for hydroxylation is 2. The number of terminal acetylenes is 1. The first-order valence-electron chi connectivity index (χ1n) is 10.2. The molecule has 1 aromatic carbocycles. The number of benzene rings is 1. The topological polar surface area (TPSA) is 93.1 Å². The van der Waals surface area contributed by atoms with Crippen molar-refractivity contribution < 1.29 is 22.7 Å². The summed E-state index contributed by atoms with van der Waals surface area (Å²) in [5.74, 6) is 0.0709. The summed E-state index contributed by atoms with van der Waals surface area (Å²) >= 11 is 0. The van der Waals surface area contributed by atoms with Crippen LogP contribution in [0.15, 0.2) is 61.0 Å². The Labute approximate surface area is 201 Å². The molecule has 0 aliphatic rings. The van der Waals surface area contributed by atoms with Crippen molar-refractivity contribution in [2.24, 2.45) is 7.05 Å². The number of anilines is 1. The molecule has 0 spiro atoms. The van der Waals surface area contributed by atoms with E-state index in [1.807, 2.05) is 30.7 Å². The van der Waals surface area contributed by atoms with E-state index in [0.717, 1.165) is 34.8 Å². The highest BCUT2D eigenvalue weighted by Gasteiger charge is 2.30. The molecule has 2 aromatic heterocycles. The Kier molecular flexibility index (Phi) is 9.28. The molecule has 3 rings (SSSR count). The molecule has 0 atom stereocenters. The summed E-state index contributed by atoms with van der Waals surface area (Å²) in [5, 5.41) is 7.72. The first-order valence-corrected chi connectivity index (χ1v) is 10.2. The van der Waals surface area contributed by atoms with Gasteiger partial charge in [-0.1, -0.05) is 6.07 Å². The van der Waals surface area contributed by atoms with Gasteiger partial charge in [0.15, 0.2) is 0 Å². The number of aromatic nitrogens is 3. The number of nitrogens with zero attached hydrogens (tertiary/aromatic N) is 3. The number of amides is 2. The minimum Gasteiger partial charge on any atom is -0.481 e. The Balaban J connectivity index is 0.00000210. The molecule has 0 aliphatic carbocycles. The molecule has 0 aliphatic heterocycles. The van der Waals surface area contributed by atoms with Gasteiger partial charge in [-0.3, -0.25) is 10.3 Å². The van der Waals surface area contributed by atoms with Crippen molar-refractivity contribution >= 4 is 11.7 Å². The van der Waals surface area contributed by atoms with Gasteiger partial charge in [0.05, 0.1) is 48.8 Å². The number of imidazole rings is 1. The van der Waals surface area contributed by atoms with E-state index < -0.39 is 17.8 Å². The van der Waals surface area contributed by atoms with Crippen LogP contribution < -0.4 is 16.0 Å². The highest BCUT2D eigenvalue weighted by atomic mass is 19.4. The van der Waals surface area contributed by atoms with Crippen LogP contribution in [0.1, 0.15) is 17.0 Å². The number of hydrogen-bond donors (Lipinski definition) is 3. The van der Waals surface area contributed by atoms with Gasteiger partial charge in [-0.05, 0) is 37.3 Å². The maximum atomic E-state index is 12.8. The Morgan fingerprint density at radius 1 is 1.20 bits per heavy atom. The predicted octanol–water partition coefficient (Wildman–Crippen LogP) is 4.42. The molecular formula is C24H25F3N6O2. The van der Waals surface area contributed by atoms with Crippen molar-refractivity contribution in [1.82, 2.24) is 25.2 Å². The van der Waals surface area contributed by atoms with Gasteiger partial charge in [-0.25, -0.2) is 9.78 Å². The highest BCUT2D eigenvalue weighted by Crippen LogP contribution is 2.30. The number of urea groups is 1. The monoisotopic (exact) mass is 486 g/mol. The third kappa shape index (κ3) is 7.53. The van der Waals surface area contributed by atoms with Gasteiger partial charge < -0.3 is 19.9 Å². The smallest absolute Gasteiger partial charge is 0.416 e. The van der Waals surface area contributed by atoms with Crippen molar-refractivity contribution in [1.29, 1.82) is 0 Å². The van der Waals surface area contributed by atoms with Crippen LogP contribution in [0, 0.1) is 19.8 Å². The quantitative estimate of drug-likeness (QED) is 0.340. The van der Waals surface area contributed by atoms with E-state index in [1.165, 1.54) is 25.4 Å². The summed E-state index contributed by atoms with van der Waals surface area (Å²) in [4.78, 5) is 20.8. The van der Waals surface area contributed by atoms with Crippen LogP contribution in [0.2, 0.25) is 0 Å². The van der Waals surface area contributed by atoms with Crippen LogP contribution >= 0.6 is 0 Å². The van der Waals surface area contributed by atoms with Crippen LogP contribution in [-0.2, 0) is 24.5 Å². The van der Waals surface area contributed by atoms with Crippen LogP contribution in [-0.4, -0.2) is 27.7 Å². The fourth-order valence-electron chi connectivity index (χ4n) is 3.07. The third-order valence-electron chi connectivity index (χ3n) is 4.64. The van der Waals surface area contributed by atoms with E-state index in [2.05, 4.69) is 38.8 Å². The van der Waals surface area contributed by atoms with Crippen molar-refractivity contribution in [3.05, 3.63) is 78.0 Å². The lowest BCUT2D eigenvalue weighted by atomic mass is 10.1. The molecule has 0 radical (unpaired) electrons. The lowest BCUT2D eigenvalue weighted by Crippen LogP contribution is -2.30. The molecule has 3 aromatic rings. The van der Waals surface area contributed by atoms with Crippen LogP contribution in [0.5, 0.6) is 0 Å². The molecule has 11 heteroatoms. The summed E-state index contributed by atoms with van der Waals surface area (Å²) in [6, 6.07) is 7.38. The minimum absolute atomic E-state index is 0.00122. The second-order valence-corrected chi connectivity index (χ2v) is 7.08. The zero-order chi connectivity index (χ0) is 26.0. The Hall–Kier alpha value is -4.46. The van der Waals surface area contributed by atoms with E-state index in [4.69, 9.17) is 4.74 Å². The maximum absolute atomic E-state index is 12.8. The van der Waals surface area contributed by atoms with E-state index >= 15 is 0 Å². The summed E-state index contributed by atoms with van der Waals surface area (Å²) in [5.41, 5.74) is 2.73. The number of methoxy groups -OCH3 is 1. The van der Waals surface area contributed by atoms with Crippen molar-refractivity contribution in [2.45, 2.75) is 19.6 Å². The molecule has 0 saturated carbocycles. The summed E-state index contributed by atoms with van der Waals surface area (Å²) in [7, 11) is 3.26. The zero-order valence-corrected chi connectivity index (χ0v) is 19.3. The number of ether oxygens (including phenoxy) is 1. The van der Waals surface area contributed by atoms with Crippen LogP contribution in [0.4, 0.5) is 23.7 Å². The molecule has 0 fully saturated rings. The van der Waals surface area contributed by atoms with E-state index in [-0.39, 0.29) is 11.6 Å². The van der Waals surface area contributed by atoms with Gasteiger partial charge in [0, 0.05) is 24.5 Å². The Morgan fingerprint density at radius 3 is 2.51 bits per heavy atom. The van der Waals surface area contributed by atoms with Crippen LogP contribution in [0.3, 0.4) is 0 Å². The molecule has 35 heavy (non-hydrogen) atoms. The number of nitrogens with one attached hydrogen (secondary N) is 3. The first-order chi connectivity index (χ1) is 16.7. The number of halogens is 3. The second-order valence-electron chi connectivity index (χ2n) is 7.08. The zero-order valence-electron chi connectivity index (χ0n) is 19.3. The lowest BCUT2D eigenvalue weighted by Gasteiger charge is -2.12. The lowest BCUT2D eigenvalue weighted by molar-refractivity contribution is -0.137. The molecule has 184 valence electrons. The van der Waals surface area contributed by atoms with Crippen molar-refractivity contribution in [3.63, 3.8) is 0 Å². The first kappa shape index (κ1) is 26.8. The van der Waals surface area contributed by atoms with Gasteiger partial charge in [-0.2, -0.15) is 13.2 Å². The largest absolute Gasteiger partial charge is 0.481 e. The standard InChI is InChI=1S/C22H23F3N6O2.C2H2/c1-14-20(31(2)13-28-14)15-7-8-18(27-10-15)11-26-12-19(33-3)30-21(32)29-17-6-4-5-16(9-17)22(23,24)25;1-2/h4-10,12-13,26H,11H2,1-3H3,(H2,29,30,32);1-2H/b19-12-;. The van der Waals surface area contributed by atoms with Gasteiger partial charge in [0.1, 0.15) is 0 Å². The molecule has 3 N–H and O–H groups in total. The number of hydrogen-bond acceptors (Lipinski definition) is 5. The van der Waals surface area contributed by atoms with Crippen molar-refractivity contribution in [3.8, 4) is 24.1 Å². The minimum atomic E-state index is -4.50. The second kappa shape index (κ2) is 12.1.